The topological polar surface area (TPSA) is 97.5 Å². The largest absolute Gasteiger partial charge is 0.308 e. The molecule has 0 radical (unpaired) electrons. The summed E-state index contributed by atoms with van der Waals surface area (Å²) in [6.07, 6.45) is 0.665. The predicted octanol–water partition coefficient (Wildman–Crippen LogP) is 1.01. The van der Waals surface area contributed by atoms with Gasteiger partial charge in [0.2, 0.25) is 10.0 Å². The van der Waals surface area contributed by atoms with Gasteiger partial charge in [-0.3, -0.25) is 0 Å². The molecule has 0 saturated carbocycles. The van der Waals surface area contributed by atoms with E-state index in [0.29, 0.717) is 17.2 Å². The third-order valence-corrected chi connectivity index (χ3v) is 10.2. The molecular formula is C14H24N2O4S3. The molecule has 1 aromatic heterocycles. The van der Waals surface area contributed by atoms with Gasteiger partial charge >= 0.3 is 0 Å². The quantitative estimate of drug-likeness (QED) is 0.822. The van der Waals surface area contributed by atoms with Crippen molar-refractivity contribution < 1.29 is 16.8 Å². The molecule has 0 spiro atoms. The lowest BCUT2D eigenvalue weighted by Gasteiger charge is -2.27. The van der Waals surface area contributed by atoms with E-state index in [1.165, 1.54) is 11.3 Å². The van der Waals surface area contributed by atoms with Crippen LogP contribution in [0.4, 0.5) is 0 Å². The molecule has 0 bridgehead atoms. The number of rotatable bonds is 5. The number of sulfone groups is 1. The average molecular weight is 381 g/mol. The Morgan fingerprint density at radius 1 is 1.39 bits per heavy atom. The van der Waals surface area contributed by atoms with E-state index in [4.69, 9.17) is 5.14 Å². The van der Waals surface area contributed by atoms with Gasteiger partial charge in [-0.15, -0.1) is 11.3 Å². The van der Waals surface area contributed by atoms with Gasteiger partial charge in [-0.25, -0.2) is 22.0 Å². The number of fused-ring (bicyclic) bond motifs is 1. The van der Waals surface area contributed by atoms with E-state index in [1.807, 2.05) is 25.1 Å². The van der Waals surface area contributed by atoms with E-state index in [-0.39, 0.29) is 6.42 Å². The lowest BCUT2D eigenvalue weighted by atomic mass is 10.0. The van der Waals surface area contributed by atoms with Gasteiger partial charge in [0.25, 0.3) is 0 Å². The Hall–Kier alpha value is -0.480. The van der Waals surface area contributed by atoms with Gasteiger partial charge in [-0.1, -0.05) is 0 Å². The van der Waals surface area contributed by atoms with Crippen LogP contribution in [0.15, 0.2) is 10.3 Å². The summed E-state index contributed by atoms with van der Waals surface area (Å²) in [5, 5.41) is 5.26. The van der Waals surface area contributed by atoms with Crippen molar-refractivity contribution in [2.45, 2.75) is 47.3 Å². The van der Waals surface area contributed by atoms with Crippen molar-refractivity contribution in [1.82, 2.24) is 4.90 Å². The lowest BCUT2D eigenvalue weighted by molar-refractivity contribution is 0.352. The zero-order chi connectivity index (χ0) is 17.8. The molecule has 6 nitrogen and oxygen atoms in total. The standard InChI is InChI=1S/C14H24N2O4S3/c1-13(2,23(15,19)20)8-11-6-10-7-14(3,9-16(4)5)22(17,18)12(10)21-11/h6H,7-9H2,1-5H3,(H2,15,19,20). The molecule has 0 aliphatic carbocycles. The van der Waals surface area contributed by atoms with Crippen LogP contribution in [-0.2, 0) is 32.7 Å². The molecule has 1 atom stereocenters. The van der Waals surface area contributed by atoms with Crippen LogP contribution in [-0.4, -0.2) is 51.9 Å². The number of nitrogens with zero attached hydrogens (tertiary/aromatic N) is 1. The van der Waals surface area contributed by atoms with Crippen molar-refractivity contribution >= 4 is 31.2 Å². The van der Waals surface area contributed by atoms with Crippen molar-refractivity contribution in [2.75, 3.05) is 20.6 Å². The van der Waals surface area contributed by atoms with Crippen LogP contribution in [0.3, 0.4) is 0 Å². The molecule has 1 unspecified atom stereocenters. The highest BCUT2D eigenvalue weighted by molar-refractivity contribution is 7.95. The zero-order valence-electron chi connectivity index (χ0n) is 14.1. The summed E-state index contributed by atoms with van der Waals surface area (Å²) < 4.78 is 47.4. The summed E-state index contributed by atoms with van der Waals surface area (Å²) >= 11 is 1.17. The van der Waals surface area contributed by atoms with Crippen molar-refractivity contribution in [3.8, 4) is 0 Å². The van der Waals surface area contributed by atoms with Crippen LogP contribution < -0.4 is 5.14 Å². The minimum Gasteiger partial charge on any atom is -0.308 e. The van der Waals surface area contributed by atoms with E-state index >= 15 is 0 Å². The van der Waals surface area contributed by atoms with Crippen molar-refractivity contribution in [3.63, 3.8) is 0 Å². The van der Waals surface area contributed by atoms with Crippen LogP contribution in [0.5, 0.6) is 0 Å². The Labute approximate surface area is 142 Å². The molecule has 2 rings (SSSR count). The first-order valence-electron chi connectivity index (χ1n) is 7.23. The molecule has 1 aliphatic heterocycles. The summed E-state index contributed by atoms with van der Waals surface area (Å²) in [6, 6.07) is 1.82. The Kier molecular flexibility index (Phi) is 4.52. The zero-order valence-corrected chi connectivity index (χ0v) is 16.5. The predicted molar refractivity (Wildman–Crippen MR) is 93.1 cm³/mol. The second-order valence-electron chi connectivity index (χ2n) is 7.37. The maximum atomic E-state index is 12.9. The Balaban J connectivity index is 2.36. The van der Waals surface area contributed by atoms with Crippen LogP contribution in [0.1, 0.15) is 31.2 Å². The third-order valence-electron chi connectivity index (χ3n) is 4.30. The van der Waals surface area contributed by atoms with Crippen LogP contribution >= 0.6 is 11.3 Å². The second kappa shape index (κ2) is 5.52. The smallest absolute Gasteiger partial charge is 0.214 e. The highest BCUT2D eigenvalue weighted by Crippen LogP contribution is 2.45. The van der Waals surface area contributed by atoms with Gasteiger partial charge in [0, 0.05) is 17.8 Å². The normalized spacial score (nSPS) is 24.1. The molecule has 2 heterocycles. The van der Waals surface area contributed by atoms with Crippen molar-refractivity contribution in [3.05, 3.63) is 16.5 Å². The SMILES string of the molecule is CN(C)CC1(C)Cc2cc(CC(C)(C)S(N)(=O)=O)sc2S1(=O)=O. The van der Waals surface area contributed by atoms with Crippen molar-refractivity contribution in [1.29, 1.82) is 0 Å². The van der Waals surface area contributed by atoms with Crippen LogP contribution in [0.2, 0.25) is 0 Å². The van der Waals surface area contributed by atoms with E-state index in [1.54, 1.807) is 20.8 Å². The van der Waals surface area contributed by atoms with Gasteiger partial charge in [0.1, 0.15) is 4.21 Å². The number of primary sulfonamides is 1. The molecule has 132 valence electrons. The van der Waals surface area contributed by atoms with Gasteiger partial charge in [-0.2, -0.15) is 0 Å². The van der Waals surface area contributed by atoms with Crippen LogP contribution in [0.25, 0.3) is 0 Å². The summed E-state index contributed by atoms with van der Waals surface area (Å²) in [5.74, 6) is 0. The average Bonchev–Trinajstić information content (AvgIpc) is 2.74. The van der Waals surface area contributed by atoms with Crippen LogP contribution in [0, 0.1) is 0 Å². The number of thiophene rings is 1. The fraction of sp³-hybridized carbons (Fsp3) is 0.714. The molecule has 0 saturated heterocycles. The number of nitrogens with two attached hydrogens (primary N) is 1. The summed E-state index contributed by atoms with van der Waals surface area (Å²) in [4.78, 5) is 2.61. The Morgan fingerprint density at radius 2 is 1.96 bits per heavy atom. The fourth-order valence-corrected chi connectivity index (χ4v) is 7.60. The molecule has 0 amide bonds. The fourth-order valence-electron chi connectivity index (χ4n) is 2.96. The van der Waals surface area contributed by atoms with Crippen molar-refractivity contribution in [2.24, 2.45) is 5.14 Å². The number of hydrogen-bond acceptors (Lipinski definition) is 6. The maximum absolute atomic E-state index is 12.9. The molecule has 23 heavy (non-hydrogen) atoms. The minimum absolute atomic E-state index is 0.212. The first kappa shape index (κ1) is 18.9. The Bertz CT molecular complexity index is 822. The Morgan fingerprint density at radius 3 is 2.39 bits per heavy atom. The molecule has 0 fully saturated rings. The maximum Gasteiger partial charge on any atom is 0.214 e. The summed E-state index contributed by atoms with van der Waals surface area (Å²) in [7, 11) is -3.42. The highest BCUT2D eigenvalue weighted by atomic mass is 32.2. The van der Waals surface area contributed by atoms with Gasteiger partial charge < -0.3 is 4.90 Å². The second-order valence-corrected chi connectivity index (χ2v) is 13.4. The highest BCUT2D eigenvalue weighted by Gasteiger charge is 2.49. The monoisotopic (exact) mass is 380 g/mol. The van der Waals surface area contributed by atoms with E-state index in [9.17, 15) is 16.8 Å². The molecule has 0 aromatic carbocycles. The first-order valence-corrected chi connectivity index (χ1v) is 11.1. The van der Waals surface area contributed by atoms with Gasteiger partial charge in [-0.05, 0) is 52.9 Å². The van der Waals surface area contributed by atoms with E-state index in [2.05, 4.69) is 0 Å². The first-order chi connectivity index (χ1) is 10.2. The molecule has 1 aliphatic rings. The molecular weight excluding hydrogens is 356 g/mol. The number of hydrogen-bond donors (Lipinski definition) is 1. The van der Waals surface area contributed by atoms with E-state index < -0.39 is 29.4 Å². The minimum atomic E-state index is -3.71. The van der Waals surface area contributed by atoms with Gasteiger partial charge in [0.05, 0.1) is 9.49 Å². The number of sulfonamides is 1. The lowest BCUT2D eigenvalue weighted by Crippen LogP contribution is -2.42. The summed E-state index contributed by atoms with van der Waals surface area (Å²) in [6.45, 7) is 5.33. The molecule has 1 aromatic rings. The molecule has 9 heteroatoms. The molecule has 2 N–H and O–H groups in total. The summed E-state index contributed by atoms with van der Waals surface area (Å²) in [5.41, 5.74) is 0.791. The van der Waals surface area contributed by atoms with Gasteiger partial charge in [0.15, 0.2) is 9.84 Å². The van der Waals surface area contributed by atoms with E-state index in [0.717, 1.165) is 10.4 Å². The third kappa shape index (κ3) is 3.21.